The summed E-state index contributed by atoms with van der Waals surface area (Å²) in [5.74, 6) is 0.232. The summed E-state index contributed by atoms with van der Waals surface area (Å²) in [5, 5.41) is 0. The van der Waals surface area contributed by atoms with E-state index in [9.17, 15) is 9.59 Å². The molecule has 1 aromatic carbocycles. The Bertz CT molecular complexity index is 628. The van der Waals surface area contributed by atoms with Gasteiger partial charge < -0.3 is 4.90 Å². The van der Waals surface area contributed by atoms with Crippen LogP contribution in [0.5, 0.6) is 0 Å². The van der Waals surface area contributed by atoms with Gasteiger partial charge in [-0.15, -0.1) is 0 Å². The first-order valence-electron chi connectivity index (χ1n) is 7.47. The van der Waals surface area contributed by atoms with E-state index in [1.807, 2.05) is 30.3 Å². The number of rotatable bonds is 1. The maximum atomic E-state index is 12.7. The summed E-state index contributed by atoms with van der Waals surface area (Å²) in [5.41, 5.74) is 2.80. The number of nitrogens with zero attached hydrogens (tertiary/aromatic N) is 1. The summed E-state index contributed by atoms with van der Waals surface area (Å²) in [6.45, 7) is 4.19. The van der Waals surface area contributed by atoms with Crippen molar-refractivity contribution in [3.05, 3.63) is 47.2 Å². The lowest BCUT2D eigenvalue weighted by Gasteiger charge is -2.41. The van der Waals surface area contributed by atoms with Crippen molar-refractivity contribution in [1.82, 2.24) is 4.90 Å². The first-order valence-corrected chi connectivity index (χ1v) is 7.47. The minimum atomic E-state index is -0.0755. The van der Waals surface area contributed by atoms with Crippen molar-refractivity contribution in [2.24, 2.45) is 5.41 Å². The van der Waals surface area contributed by atoms with Gasteiger partial charge in [0.25, 0.3) is 0 Å². The molecule has 21 heavy (non-hydrogen) atoms. The third-order valence-corrected chi connectivity index (χ3v) is 4.60. The molecular weight excluding hydrogens is 262 g/mol. The normalized spacial score (nSPS) is 25.1. The predicted octanol–water partition coefficient (Wildman–Crippen LogP) is 3.28. The van der Waals surface area contributed by atoms with Crippen LogP contribution >= 0.6 is 0 Å². The highest BCUT2D eigenvalue weighted by atomic mass is 16.2. The van der Waals surface area contributed by atoms with Gasteiger partial charge in [-0.05, 0) is 17.4 Å². The average Bonchev–Trinajstić information content (AvgIpc) is 2.43. The highest BCUT2D eigenvalue weighted by Gasteiger charge is 2.42. The molecule has 0 unspecified atom stereocenters. The van der Waals surface area contributed by atoms with Crippen LogP contribution in [0.3, 0.4) is 0 Å². The standard InChI is InChI=1S/C18H21NO2/c1-18(2)10-14-17(15(20)11-18)13(9-16(21)19(14)3)12-7-5-4-6-8-12/h4-8,13H,9-11H2,1-3H3/t13-/m0/s1. The van der Waals surface area contributed by atoms with Crippen molar-refractivity contribution in [2.75, 3.05) is 7.05 Å². The fourth-order valence-electron chi connectivity index (χ4n) is 3.53. The van der Waals surface area contributed by atoms with E-state index < -0.39 is 0 Å². The summed E-state index contributed by atoms with van der Waals surface area (Å²) in [6, 6.07) is 9.93. The molecule has 1 amide bonds. The molecule has 0 saturated carbocycles. The van der Waals surface area contributed by atoms with Gasteiger partial charge in [-0.25, -0.2) is 0 Å². The molecule has 0 bridgehead atoms. The monoisotopic (exact) mass is 283 g/mol. The highest BCUT2D eigenvalue weighted by molar-refractivity contribution is 6.02. The number of Topliss-reactive ketones (excluding diaryl/α,β-unsaturated/α-hetero) is 1. The van der Waals surface area contributed by atoms with E-state index in [2.05, 4.69) is 13.8 Å². The lowest BCUT2D eigenvalue weighted by molar-refractivity contribution is -0.130. The van der Waals surface area contributed by atoms with Gasteiger partial charge in [0.1, 0.15) is 0 Å². The molecule has 110 valence electrons. The van der Waals surface area contributed by atoms with Crippen LogP contribution in [0.1, 0.15) is 44.6 Å². The van der Waals surface area contributed by atoms with E-state index in [0.717, 1.165) is 23.3 Å². The van der Waals surface area contributed by atoms with Crippen LogP contribution in [0.4, 0.5) is 0 Å². The first-order chi connectivity index (χ1) is 9.89. The smallest absolute Gasteiger partial charge is 0.227 e. The molecule has 3 rings (SSSR count). The van der Waals surface area contributed by atoms with Gasteiger partial charge in [0.05, 0.1) is 0 Å². The van der Waals surface area contributed by atoms with Gasteiger partial charge in [-0.3, -0.25) is 9.59 Å². The molecule has 3 nitrogen and oxygen atoms in total. The van der Waals surface area contributed by atoms with Gasteiger partial charge in [0, 0.05) is 37.1 Å². The number of hydrogen-bond acceptors (Lipinski definition) is 2. The molecule has 0 radical (unpaired) electrons. The second-order valence-corrected chi connectivity index (χ2v) is 6.92. The van der Waals surface area contributed by atoms with E-state index in [1.165, 1.54) is 0 Å². The second kappa shape index (κ2) is 4.83. The number of amides is 1. The van der Waals surface area contributed by atoms with E-state index in [-0.39, 0.29) is 23.0 Å². The van der Waals surface area contributed by atoms with Gasteiger partial charge in [-0.2, -0.15) is 0 Å². The Morgan fingerprint density at radius 3 is 2.43 bits per heavy atom. The Labute approximate surface area is 125 Å². The van der Waals surface area contributed by atoms with Crippen LogP contribution in [-0.4, -0.2) is 23.6 Å². The number of carbonyl (C=O) groups is 2. The molecule has 0 N–H and O–H groups in total. The highest BCUT2D eigenvalue weighted by Crippen LogP contribution is 2.46. The molecule has 1 heterocycles. The zero-order chi connectivity index (χ0) is 15.2. The minimum absolute atomic E-state index is 0.0664. The third-order valence-electron chi connectivity index (χ3n) is 4.60. The number of benzene rings is 1. The summed E-state index contributed by atoms with van der Waals surface area (Å²) in [6.07, 6.45) is 1.75. The quantitative estimate of drug-likeness (QED) is 0.793. The predicted molar refractivity (Wildman–Crippen MR) is 81.6 cm³/mol. The maximum Gasteiger partial charge on any atom is 0.227 e. The number of hydrogen-bond donors (Lipinski definition) is 0. The molecule has 2 aliphatic rings. The van der Waals surface area contributed by atoms with Gasteiger partial charge in [-0.1, -0.05) is 44.2 Å². The van der Waals surface area contributed by atoms with Crippen LogP contribution in [0.15, 0.2) is 41.6 Å². The molecule has 0 fully saturated rings. The fourth-order valence-corrected chi connectivity index (χ4v) is 3.53. The lowest BCUT2D eigenvalue weighted by atomic mass is 9.69. The van der Waals surface area contributed by atoms with Crippen LogP contribution in [-0.2, 0) is 9.59 Å². The van der Waals surface area contributed by atoms with Gasteiger partial charge in [0.2, 0.25) is 5.91 Å². The fraction of sp³-hybridized carbons (Fsp3) is 0.444. The number of allylic oxidation sites excluding steroid dienone is 2. The molecule has 0 spiro atoms. The van der Waals surface area contributed by atoms with Crippen LogP contribution in [0, 0.1) is 5.41 Å². The summed E-state index contributed by atoms with van der Waals surface area (Å²) in [4.78, 5) is 26.7. The third kappa shape index (κ3) is 2.41. The van der Waals surface area contributed by atoms with E-state index in [4.69, 9.17) is 0 Å². The Balaban J connectivity index is 2.13. The van der Waals surface area contributed by atoms with Crippen molar-refractivity contribution < 1.29 is 9.59 Å². The van der Waals surface area contributed by atoms with Crippen molar-refractivity contribution in [3.63, 3.8) is 0 Å². The zero-order valence-corrected chi connectivity index (χ0v) is 12.8. The minimum Gasteiger partial charge on any atom is -0.319 e. The van der Waals surface area contributed by atoms with Gasteiger partial charge in [0.15, 0.2) is 5.78 Å². The van der Waals surface area contributed by atoms with Crippen LogP contribution in [0.25, 0.3) is 0 Å². The molecule has 1 aromatic rings. The van der Waals surface area contributed by atoms with Crippen molar-refractivity contribution in [1.29, 1.82) is 0 Å². The largest absolute Gasteiger partial charge is 0.319 e. The average molecular weight is 283 g/mol. The molecule has 0 saturated heterocycles. The Hall–Kier alpha value is -1.90. The number of ketones is 1. The lowest BCUT2D eigenvalue weighted by Crippen LogP contribution is -2.41. The molecule has 3 heteroatoms. The van der Waals surface area contributed by atoms with E-state index >= 15 is 0 Å². The van der Waals surface area contributed by atoms with Crippen molar-refractivity contribution in [3.8, 4) is 0 Å². The summed E-state index contributed by atoms with van der Waals surface area (Å²) in [7, 11) is 1.80. The molecular formula is C18H21NO2. The molecule has 1 atom stereocenters. The second-order valence-electron chi connectivity index (χ2n) is 6.92. The Kier molecular flexibility index (Phi) is 3.23. The van der Waals surface area contributed by atoms with Crippen molar-refractivity contribution in [2.45, 2.75) is 39.0 Å². The Morgan fingerprint density at radius 1 is 1.10 bits per heavy atom. The Morgan fingerprint density at radius 2 is 1.76 bits per heavy atom. The zero-order valence-electron chi connectivity index (χ0n) is 12.8. The SMILES string of the molecule is CN1C(=O)C[C@@H](c2ccccc2)C2=C1CC(C)(C)CC2=O. The van der Waals surface area contributed by atoms with Crippen LogP contribution in [0.2, 0.25) is 0 Å². The van der Waals surface area contributed by atoms with E-state index in [1.54, 1.807) is 11.9 Å². The van der Waals surface area contributed by atoms with Crippen molar-refractivity contribution >= 4 is 11.7 Å². The summed E-state index contributed by atoms with van der Waals surface area (Å²) < 4.78 is 0. The number of carbonyl (C=O) groups excluding carboxylic acids is 2. The first kappa shape index (κ1) is 14.1. The summed E-state index contributed by atoms with van der Waals surface area (Å²) >= 11 is 0. The molecule has 0 aromatic heterocycles. The topological polar surface area (TPSA) is 37.4 Å². The van der Waals surface area contributed by atoms with Gasteiger partial charge >= 0.3 is 0 Å². The maximum absolute atomic E-state index is 12.7. The van der Waals surface area contributed by atoms with Crippen LogP contribution < -0.4 is 0 Å². The molecule has 1 aliphatic heterocycles. The molecule has 1 aliphatic carbocycles. The van der Waals surface area contributed by atoms with E-state index in [0.29, 0.717) is 12.8 Å².